The number of rotatable bonds is 7. The van der Waals surface area contributed by atoms with Crippen LogP contribution in [0.1, 0.15) is 43.5 Å². The van der Waals surface area contributed by atoms with Crippen LogP contribution in [0.25, 0.3) is 0 Å². The van der Waals surface area contributed by atoms with E-state index in [1.54, 1.807) is 13.0 Å². The Morgan fingerprint density at radius 3 is 2.57 bits per heavy atom. The van der Waals surface area contributed by atoms with E-state index in [1.807, 2.05) is 6.92 Å². The van der Waals surface area contributed by atoms with Crippen molar-refractivity contribution >= 4 is 27.8 Å². The van der Waals surface area contributed by atoms with Crippen LogP contribution in [0.5, 0.6) is 0 Å². The number of benzene rings is 1. The van der Waals surface area contributed by atoms with Gasteiger partial charge in [-0.05, 0) is 53.9 Å². The van der Waals surface area contributed by atoms with Crippen molar-refractivity contribution in [3.63, 3.8) is 0 Å². The highest BCUT2D eigenvalue weighted by molar-refractivity contribution is 9.10. The summed E-state index contributed by atoms with van der Waals surface area (Å²) < 4.78 is 13.7. The van der Waals surface area contributed by atoms with E-state index in [2.05, 4.69) is 21.2 Å². The number of nitrogens with one attached hydrogen (secondary N) is 1. The van der Waals surface area contributed by atoms with Crippen LogP contribution in [0.4, 0.5) is 4.39 Å². The van der Waals surface area contributed by atoms with Crippen molar-refractivity contribution in [2.75, 3.05) is 0 Å². The van der Waals surface area contributed by atoms with Gasteiger partial charge >= 0.3 is 5.97 Å². The number of aliphatic carboxylic acids is 1. The lowest BCUT2D eigenvalue weighted by atomic mass is 10.0. The fourth-order valence-electron chi connectivity index (χ4n) is 1.87. The van der Waals surface area contributed by atoms with Gasteiger partial charge in [0.15, 0.2) is 0 Å². The van der Waals surface area contributed by atoms with E-state index in [0.717, 1.165) is 0 Å². The molecule has 0 bridgehead atoms. The van der Waals surface area contributed by atoms with Crippen LogP contribution in [-0.4, -0.2) is 23.0 Å². The van der Waals surface area contributed by atoms with Gasteiger partial charge in [-0.3, -0.25) is 9.59 Å². The Bertz CT molecular complexity index is 522. The van der Waals surface area contributed by atoms with E-state index in [4.69, 9.17) is 5.11 Å². The number of carbonyl (C=O) groups excluding carboxylic acids is 1. The summed E-state index contributed by atoms with van der Waals surface area (Å²) in [6.07, 6.45) is 1.97. The molecule has 0 radical (unpaired) electrons. The second-order valence-corrected chi connectivity index (χ2v) is 6.03. The zero-order chi connectivity index (χ0) is 16.0. The molecular weight excluding hydrogens is 341 g/mol. The number of carbonyl (C=O) groups is 2. The summed E-state index contributed by atoms with van der Waals surface area (Å²) in [5.74, 6) is -2.00. The van der Waals surface area contributed by atoms with E-state index < -0.39 is 11.8 Å². The molecule has 0 heterocycles. The summed E-state index contributed by atoms with van der Waals surface area (Å²) in [5.41, 5.74) is 0.265. The number of hydrogen-bond acceptors (Lipinski definition) is 2. The lowest BCUT2D eigenvalue weighted by Gasteiger charge is -2.14. The first-order valence-corrected chi connectivity index (χ1v) is 7.59. The second kappa shape index (κ2) is 8.12. The van der Waals surface area contributed by atoms with Gasteiger partial charge in [-0.1, -0.05) is 13.3 Å². The highest BCUT2D eigenvalue weighted by Gasteiger charge is 2.14. The van der Waals surface area contributed by atoms with Gasteiger partial charge in [-0.25, -0.2) is 4.39 Å². The summed E-state index contributed by atoms with van der Waals surface area (Å²) in [6, 6.07) is 4.12. The number of carboxylic acids is 1. The van der Waals surface area contributed by atoms with Crippen LogP contribution in [0, 0.1) is 11.7 Å². The summed E-state index contributed by atoms with van der Waals surface area (Å²) >= 11 is 3.03. The maximum absolute atomic E-state index is 13.4. The molecule has 0 fully saturated rings. The Balaban J connectivity index is 2.43. The minimum absolute atomic E-state index is 0.0924. The van der Waals surface area contributed by atoms with Gasteiger partial charge in [0.25, 0.3) is 5.91 Å². The van der Waals surface area contributed by atoms with Crippen LogP contribution < -0.4 is 5.32 Å². The maximum Gasteiger partial charge on any atom is 0.306 e. The monoisotopic (exact) mass is 359 g/mol. The van der Waals surface area contributed by atoms with Crippen LogP contribution >= 0.6 is 15.9 Å². The quantitative estimate of drug-likeness (QED) is 0.781. The van der Waals surface area contributed by atoms with E-state index in [9.17, 15) is 14.0 Å². The molecule has 0 aliphatic rings. The molecule has 2 N–H and O–H groups in total. The van der Waals surface area contributed by atoms with Gasteiger partial charge in [-0.2, -0.15) is 0 Å². The zero-order valence-corrected chi connectivity index (χ0v) is 13.6. The van der Waals surface area contributed by atoms with Gasteiger partial charge < -0.3 is 10.4 Å². The van der Waals surface area contributed by atoms with Gasteiger partial charge in [0, 0.05) is 11.6 Å². The molecule has 4 nitrogen and oxygen atoms in total. The fraction of sp³-hybridized carbons (Fsp3) is 0.467. The molecule has 1 aromatic rings. The van der Waals surface area contributed by atoms with Crippen molar-refractivity contribution in [2.24, 2.45) is 5.92 Å². The van der Waals surface area contributed by atoms with Crippen LogP contribution in [-0.2, 0) is 4.79 Å². The lowest BCUT2D eigenvalue weighted by Crippen LogP contribution is -2.32. The molecule has 0 aromatic heterocycles. The molecule has 1 rings (SSSR count). The molecule has 21 heavy (non-hydrogen) atoms. The average Bonchev–Trinajstić information content (AvgIpc) is 2.41. The molecule has 1 amide bonds. The fourth-order valence-corrected chi connectivity index (χ4v) is 2.12. The van der Waals surface area contributed by atoms with Crippen LogP contribution in [0.15, 0.2) is 22.7 Å². The minimum Gasteiger partial charge on any atom is -0.481 e. The van der Waals surface area contributed by atoms with Crippen LogP contribution in [0.3, 0.4) is 0 Å². The molecule has 1 aromatic carbocycles. The van der Waals surface area contributed by atoms with Crippen molar-refractivity contribution in [3.05, 3.63) is 34.1 Å². The SMILES string of the molecule is CC(CCCC(C)C(=O)O)NC(=O)c1ccc(Br)c(F)c1. The highest BCUT2D eigenvalue weighted by Crippen LogP contribution is 2.16. The molecule has 0 saturated carbocycles. The summed E-state index contributed by atoms with van der Waals surface area (Å²) in [7, 11) is 0. The summed E-state index contributed by atoms with van der Waals surface area (Å²) in [6.45, 7) is 3.51. The molecule has 0 aliphatic carbocycles. The average molecular weight is 360 g/mol. The van der Waals surface area contributed by atoms with Crippen molar-refractivity contribution in [3.8, 4) is 0 Å². The standard InChI is InChI=1S/C15H19BrFNO3/c1-9(15(20)21)4-3-5-10(2)18-14(19)11-6-7-12(16)13(17)8-11/h6-10H,3-5H2,1-2H3,(H,18,19)(H,20,21). The van der Waals surface area contributed by atoms with E-state index in [0.29, 0.717) is 23.7 Å². The van der Waals surface area contributed by atoms with Gasteiger partial charge in [0.2, 0.25) is 0 Å². The third kappa shape index (κ3) is 5.83. The van der Waals surface area contributed by atoms with Gasteiger partial charge in [0.1, 0.15) is 5.82 Å². The van der Waals surface area contributed by atoms with Crippen molar-refractivity contribution in [2.45, 2.75) is 39.2 Å². The Labute approximate surface area is 131 Å². The Morgan fingerprint density at radius 2 is 2.00 bits per heavy atom. The Hall–Kier alpha value is -1.43. The molecule has 0 aliphatic heterocycles. The molecular formula is C15H19BrFNO3. The number of carboxylic acid groups (broad SMARTS) is 1. The third-order valence-corrected chi connectivity index (χ3v) is 3.90. The highest BCUT2D eigenvalue weighted by atomic mass is 79.9. The molecule has 2 unspecified atom stereocenters. The number of hydrogen-bond donors (Lipinski definition) is 2. The third-order valence-electron chi connectivity index (χ3n) is 3.26. The maximum atomic E-state index is 13.4. The topological polar surface area (TPSA) is 66.4 Å². The van der Waals surface area contributed by atoms with Crippen molar-refractivity contribution < 1.29 is 19.1 Å². The van der Waals surface area contributed by atoms with E-state index in [-0.39, 0.29) is 23.4 Å². The molecule has 2 atom stereocenters. The Morgan fingerprint density at radius 1 is 1.33 bits per heavy atom. The number of amides is 1. The van der Waals surface area contributed by atoms with Crippen molar-refractivity contribution in [1.29, 1.82) is 0 Å². The molecule has 0 spiro atoms. The van der Waals surface area contributed by atoms with E-state index >= 15 is 0 Å². The first-order valence-electron chi connectivity index (χ1n) is 6.80. The van der Waals surface area contributed by atoms with E-state index in [1.165, 1.54) is 12.1 Å². The van der Waals surface area contributed by atoms with Crippen LogP contribution in [0.2, 0.25) is 0 Å². The molecule has 116 valence electrons. The minimum atomic E-state index is -0.808. The van der Waals surface area contributed by atoms with Gasteiger partial charge in [-0.15, -0.1) is 0 Å². The predicted molar refractivity (Wildman–Crippen MR) is 81.7 cm³/mol. The van der Waals surface area contributed by atoms with Gasteiger partial charge in [0.05, 0.1) is 10.4 Å². The summed E-state index contributed by atoms with van der Waals surface area (Å²) in [4.78, 5) is 22.6. The first kappa shape index (κ1) is 17.6. The smallest absolute Gasteiger partial charge is 0.306 e. The predicted octanol–water partition coefficient (Wildman–Crippen LogP) is 3.60. The van der Waals surface area contributed by atoms with Crippen molar-refractivity contribution in [1.82, 2.24) is 5.32 Å². The molecule has 0 saturated heterocycles. The Kier molecular flexibility index (Phi) is 6.81. The number of halogens is 2. The normalized spacial score (nSPS) is 13.5. The molecule has 6 heteroatoms. The largest absolute Gasteiger partial charge is 0.481 e. The first-order chi connectivity index (χ1) is 9.81. The summed E-state index contributed by atoms with van der Waals surface area (Å²) in [5, 5.41) is 11.6. The zero-order valence-electron chi connectivity index (χ0n) is 12.0. The lowest BCUT2D eigenvalue weighted by molar-refractivity contribution is -0.141. The second-order valence-electron chi connectivity index (χ2n) is 5.17.